The fourth-order valence-corrected chi connectivity index (χ4v) is 1.34. The van der Waals surface area contributed by atoms with Crippen LogP contribution in [0.4, 0.5) is 0 Å². The van der Waals surface area contributed by atoms with E-state index in [1.807, 2.05) is 19.3 Å². The summed E-state index contributed by atoms with van der Waals surface area (Å²) in [7, 11) is 1.88. The monoisotopic (exact) mass is 208 g/mol. The van der Waals surface area contributed by atoms with Crippen LogP contribution in [-0.4, -0.2) is 38.3 Å². The number of nitrogens with one attached hydrogen (secondary N) is 1. The second kappa shape index (κ2) is 5.42. The van der Waals surface area contributed by atoms with Gasteiger partial charge in [0.05, 0.1) is 19.2 Å². The molecule has 1 fully saturated rings. The van der Waals surface area contributed by atoms with Gasteiger partial charge < -0.3 is 27.8 Å². The van der Waals surface area contributed by atoms with Crippen LogP contribution in [0.5, 0.6) is 0 Å². The van der Waals surface area contributed by atoms with Crippen LogP contribution in [0.3, 0.4) is 0 Å². The smallest absolute Gasteiger partial charge is 0.275 e. The second-order valence-electron chi connectivity index (χ2n) is 3.52. The van der Waals surface area contributed by atoms with Crippen LogP contribution >= 0.6 is 0 Å². The Bertz CT molecular complexity index is 170. The molecule has 1 heterocycles. The minimum absolute atomic E-state index is 0. The highest BCUT2D eigenvalue weighted by molar-refractivity contribution is 5.77. The van der Waals surface area contributed by atoms with Crippen LogP contribution < -0.4 is 23.0 Å². The van der Waals surface area contributed by atoms with Crippen molar-refractivity contribution in [2.75, 3.05) is 26.8 Å². The Morgan fingerprint density at radius 1 is 1.69 bits per heavy atom. The second-order valence-corrected chi connectivity index (χ2v) is 3.52. The fraction of sp³-hybridized carbons (Fsp3) is 0.875. The van der Waals surface area contributed by atoms with Crippen LogP contribution in [0.25, 0.3) is 0 Å². The summed E-state index contributed by atoms with van der Waals surface area (Å²) in [5, 5.41) is 4.82. The number of quaternary nitrogens is 1. The summed E-state index contributed by atoms with van der Waals surface area (Å²) in [6.07, 6.45) is 0.919. The van der Waals surface area contributed by atoms with Gasteiger partial charge >= 0.3 is 0 Å². The van der Waals surface area contributed by atoms with Crippen molar-refractivity contribution in [2.45, 2.75) is 18.9 Å². The lowest BCUT2D eigenvalue weighted by molar-refractivity contribution is -0.615. The Hall–Kier alpha value is -0.320. The van der Waals surface area contributed by atoms with Gasteiger partial charge in [-0.2, -0.15) is 0 Å². The van der Waals surface area contributed by atoms with Gasteiger partial charge in [-0.3, -0.25) is 4.79 Å². The number of likely N-dealkylation sites (N-methyl/N-ethyl adjacent to an activating group) is 1. The van der Waals surface area contributed by atoms with E-state index in [0.29, 0.717) is 13.2 Å². The number of nitrogens with two attached hydrogens (primary N) is 1. The number of hydrogen-bond donors (Lipinski definition) is 2. The maximum atomic E-state index is 11.2. The predicted octanol–water partition coefficient (Wildman–Crippen LogP) is -4.52. The van der Waals surface area contributed by atoms with Gasteiger partial charge in [-0.1, -0.05) is 0 Å². The van der Waals surface area contributed by atoms with E-state index < -0.39 is 0 Å². The van der Waals surface area contributed by atoms with Gasteiger partial charge in [0.25, 0.3) is 5.91 Å². The molecular weight excluding hydrogens is 192 g/mol. The molecule has 1 unspecified atom stereocenters. The first-order valence-electron chi connectivity index (χ1n) is 4.33. The van der Waals surface area contributed by atoms with E-state index in [1.54, 1.807) is 0 Å². The summed E-state index contributed by atoms with van der Waals surface area (Å²) in [5.74, 6) is 0.0884. The molecule has 78 valence electrons. The van der Waals surface area contributed by atoms with Gasteiger partial charge in [-0.15, -0.1) is 0 Å². The molecule has 0 aromatic rings. The average Bonchev–Trinajstić information content (AvgIpc) is 2.36. The van der Waals surface area contributed by atoms with Gasteiger partial charge in [0.1, 0.15) is 0 Å². The zero-order chi connectivity index (χ0) is 9.03. The average molecular weight is 209 g/mol. The van der Waals surface area contributed by atoms with E-state index >= 15 is 0 Å². The molecule has 1 rings (SSSR count). The number of ether oxygens (including phenoxy) is 1. The molecule has 0 aromatic heterocycles. The lowest BCUT2D eigenvalue weighted by Gasteiger charge is -2.22. The van der Waals surface area contributed by atoms with Crippen LogP contribution in [0.1, 0.15) is 13.3 Å². The first kappa shape index (κ1) is 12.7. The van der Waals surface area contributed by atoms with Gasteiger partial charge in [0.15, 0.2) is 6.54 Å². The van der Waals surface area contributed by atoms with Crippen molar-refractivity contribution in [1.82, 2.24) is 5.32 Å². The van der Waals surface area contributed by atoms with Gasteiger partial charge in [-0.25, -0.2) is 0 Å². The van der Waals surface area contributed by atoms with E-state index in [0.717, 1.165) is 13.0 Å². The third kappa shape index (κ3) is 3.93. The van der Waals surface area contributed by atoms with Crippen molar-refractivity contribution in [2.24, 2.45) is 0 Å². The number of halogens is 1. The minimum Gasteiger partial charge on any atom is -1.00 e. The molecule has 13 heavy (non-hydrogen) atoms. The van der Waals surface area contributed by atoms with Gasteiger partial charge in [0.2, 0.25) is 0 Å². The molecule has 1 saturated heterocycles. The van der Waals surface area contributed by atoms with Crippen molar-refractivity contribution >= 4 is 5.91 Å². The standard InChI is InChI=1S/C8H16N2O2.ClH/c1-8(3-4-12-6-8)10-7(11)5-9-2;/h9H,3-6H2,1-2H3,(H,10,11);1H. The largest absolute Gasteiger partial charge is 1.00 e. The van der Waals surface area contributed by atoms with Crippen LogP contribution in [0.15, 0.2) is 0 Å². The quantitative estimate of drug-likeness (QED) is 0.491. The lowest BCUT2D eigenvalue weighted by Crippen LogP contribution is -3.00. The van der Waals surface area contributed by atoms with E-state index in [1.165, 1.54) is 0 Å². The molecule has 0 spiro atoms. The Morgan fingerprint density at radius 2 is 2.38 bits per heavy atom. The summed E-state index contributed by atoms with van der Waals surface area (Å²) >= 11 is 0. The zero-order valence-corrected chi connectivity index (χ0v) is 8.86. The molecule has 1 aliphatic rings. The molecule has 0 saturated carbocycles. The third-order valence-electron chi connectivity index (χ3n) is 2.05. The Balaban J connectivity index is 0.00000144. The molecule has 0 aromatic carbocycles. The van der Waals surface area contributed by atoms with Crippen LogP contribution in [-0.2, 0) is 9.53 Å². The number of carbonyl (C=O) groups excluding carboxylic acids is 1. The van der Waals surface area contributed by atoms with E-state index in [9.17, 15) is 4.79 Å². The SMILES string of the molecule is C[NH2+]CC(=O)NC1(C)CCOC1.[Cl-]. The van der Waals surface area contributed by atoms with Gasteiger partial charge in [0, 0.05) is 6.61 Å². The maximum absolute atomic E-state index is 11.2. The minimum atomic E-state index is -0.125. The lowest BCUT2D eigenvalue weighted by atomic mass is 10.0. The number of carbonyl (C=O) groups is 1. The fourth-order valence-electron chi connectivity index (χ4n) is 1.34. The molecule has 1 aliphatic heterocycles. The molecule has 0 aliphatic carbocycles. The highest BCUT2D eigenvalue weighted by atomic mass is 35.5. The highest BCUT2D eigenvalue weighted by Gasteiger charge is 2.31. The van der Waals surface area contributed by atoms with Gasteiger partial charge in [-0.05, 0) is 13.3 Å². The van der Waals surface area contributed by atoms with Crippen molar-refractivity contribution in [3.05, 3.63) is 0 Å². The van der Waals surface area contributed by atoms with E-state index in [-0.39, 0.29) is 23.9 Å². The summed E-state index contributed by atoms with van der Waals surface area (Å²) in [6.45, 7) is 3.91. The summed E-state index contributed by atoms with van der Waals surface area (Å²) in [4.78, 5) is 11.2. The molecule has 0 radical (unpaired) electrons. The maximum Gasteiger partial charge on any atom is 0.275 e. The van der Waals surface area contributed by atoms with E-state index in [2.05, 4.69) is 5.32 Å². The molecular formula is C8H17ClN2O2. The Kier molecular flexibility index (Phi) is 5.29. The zero-order valence-electron chi connectivity index (χ0n) is 8.10. The number of hydrogen-bond acceptors (Lipinski definition) is 2. The van der Waals surface area contributed by atoms with Crippen molar-refractivity contribution in [3.63, 3.8) is 0 Å². The first-order valence-corrected chi connectivity index (χ1v) is 4.33. The summed E-state index contributed by atoms with van der Waals surface area (Å²) in [5.41, 5.74) is -0.125. The molecule has 0 bridgehead atoms. The third-order valence-corrected chi connectivity index (χ3v) is 2.05. The normalized spacial score (nSPS) is 26.6. The number of rotatable bonds is 3. The van der Waals surface area contributed by atoms with E-state index in [4.69, 9.17) is 4.74 Å². The summed E-state index contributed by atoms with van der Waals surface area (Å²) in [6, 6.07) is 0. The number of amides is 1. The van der Waals surface area contributed by atoms with Crippen molar-refractivity contribution in [1.29, 1.82) is 0 Å². The molecule has 1 atom stereocenters. The molecule has 1 amide bonds. The van der Waals surface area contributed by atoms with Crippen molar-refractivity contribution < 1.29 is 27.3 Å². The molecule has 5 heteroatoms. The Morgan fingerprint density at radius 3 is 2.85 bits per heavy atom. The molecule has 4 nitrogen and oxygen atoms in total. The summed E-state index contributed by atoms with van der Waals surface area (Å²) < 4.78 is 5.21. The topological polar surface area (TPSA) is 54.9 Å². The van der Waals surface area contributed by atoms with Crippen LogP contribution in [0, 0.1) is 0 Å². The molecule has 3 N–H and O–H groups in total. The Labute approximate surface area is 84.8 Å². The first-order chi connectivity index (χ1) is 5.66. The van der Waals surface area contributed by atoms with Crippen molar-refractivity contribution in [3.8, 4) is 0 Å². The predicted molar refractivity (Wildman–Crippen MR) is 44.7 cm³/mol. The highest BCUT2D eigenvalue weighted by Crippen LogP contribution is 2.16. The van der Waals surface area contributed by atoms with Crippen LogP contribution in [0.2, 0.25) is 0 Å².